The summed E-state index contributed by atoms with van der Waals surface area (Å²) in [7, 11) is 0. The summed E-state index contributed by atoms with van der Waals surface area (Å²) < 4.78 is 35.7. The van der Waals surface area contributed by atoms with E-state index in [9.17, 15) is 13.2 Å². The van der Waals surface area contributed by atoms with Gasteiger partial charge in [0.1, 0.15) is 5.82 Å². The Balaban J connectivity index is 2.24. The van der Waals surface area contributed by atoms with Gasteiger partial charge in [-0.15, -0.1) is 0 Å². The van der Waals surface area contributed by atoms with Crippen molar-refractivity contribution in [1.82, 2.24) is 9.97 Å². The highest BCUT2D eigenvalue weighted by Crippen LogP contribution is 2.22. The monoisotopic (exact) mass is 262 g/mol. The molecule has 0 fully saturated rings. The molecule has 0 atom stereocenters. The maximum atomic E-state index is 11.9. The molecule has 0 bridgehead atoms. The van der Waals surface area contributed by atoms with Crippen LogP contribution in [0, 0.1) is 0 Å². The van der Waals surface area contributed by atoms with Gasteiger partial charge in [-0.05, 0) is 25.8 Å². The number of anilines is 2. The van der Waals surface area contributed by atoms with Crippen LogP contribution in [-0.2, 0) is 0 Å². The zero-order valence-corrected chi connectivity index (χ0v) is 10.2. The van der Waals surface area contributed by atoms with E-state index in [0.29, 0.717) is 24.7 Å². The van der Waals surface area contributed by atoms with Gasteiger partial charge in [0.25, 0.3) is 0 Å². The Bertz CT molecular complexity index is 354. The molecule has 0 spiro atoms. The fourth-order valence-electron chi connectivity index (χ4n) is 1.37. The summed E-state index contributed by atoms with van der Waals surface area (Å²) in [6, 6.07) is 1.69. The molecule has 1 heterocycles. The summed E-state index contributed by atoms with van der Waals surface area (Å²) >= 11 is 0. The molecule has 4 nitrogen and oxygen atoms in total. The second-order valence-electron chi connectivity index (χ2n) is 3.79. The lowest BCUT2D eigenvalue weighted by atomic mass is 10.2. The molecule has 2 N–H and O–H groups in total. The lowest BCUT2D eigenvalue weighted by Gasteiger charge is -2.08. The average molecular weight is 262 g/mol. The Morgan fingerprint density at radius 2 is 2.00 bits per heavy atom. The van der Waals surface area contributed by atoms with E-state index in [1.165, 1.54) is 0 Å². The van der Waals surface area contributed by atoms with Gasteiger partial charge in [-0.3, -0.25) is 0 Å². The average Bonchev–Trinajstić information content (AvgIpc) is 2.28. The quantitative estimate of drug-likeness (QED) is 0.741. The van der Waals surface area contributed by atoms with Crippen molar-refractivity contribution in [3.63, 3.8) is 0 Å². The molecule has 1 rings (SSSR count). The Kier molecular flexibility index (Phi) is 5.67. The lowest BCUT2D eigenvalue weighted by molar-refractivity contribution is -0.135. The first kappa shape index (κ1) is 14.5. The van der Waals surface area contributed by atoms with Crippen LogP contribution in [0.1, 0.15) is 26.2 Å². The molecular formula is C11H17F3N4. The van der Waals surface area contributed by atoms with E-state index in [0.717, 1.165) is 6.54 Å². The molecule has 0 aliphatic carbocycles. The molecule has 0 saturated carbocycles. The van der Waals surface area contributed by atoms with Crippen LogP contribution in [0.3, 0.4) is 0 Å². The van der Waals surface area contributed by atoms with Crippen LogP contribution in [0.25, 0.3) is 0 Å². The zero-order valence-electron chi connectivity index (χ0n) is 10.2. The summed E-state index contributed by atoms with van der Waals surface area (Å²) in [5.74, 6) is 1.13. The number of nitrogens with zero attached hydrogens (tertiary/aromatic N) is 2. The highest BCUT2D eigenvalue weighted by Gasteiger charge is 2.25. The molecule has 0 saturated heterocycles. The van der Waals surface area contributed by atoms with E-state index < -0.39 is 12.6 Å². The number of alkyl halides is 3. The second-order valence-corrected chi connectivity index (χ2v) is 3.79. The van der Waals surface area contributed by atoms with Crippen LogP contribution in [0.15, 0.2) is 12.3 Å². The normalized spacial score (nSPS) is 11.3. The van der Waals surface area contributed by atoms with Gasteiger partial charge in [0.2, 0.25) is 5.95 Å². The van der Waals surface area contributed by atoms with E-state index in [2.05, 4.69) is 20.6 Å². The van der Waals surface area contributed by atoms with Gasteiger partial charge < -0.3 is 10.6 Å². The summed E-state index contributed by atoms with van der Waals surface area (Å²) in [5, 5.41) is 5.93. The third-order valence-corrected chi connectivity index (χ3v) is 2.18. The minimum atomic E-state index is -4.06. The Morgan fingerprint density at radius 3 is 2.67 bits per heavy atom. The molecule has 1 aromatic heterocycles. The Morgan fingerprint density at radius 1 is 1.22 bits per heavy atom. The molecule has 0 amide bonds. The molecule has 0 aliphatic heterocycles. The first-order valence-corrected chi connectivity index (χ1v) is 5.89. The van der Waals surface area contributed by atoms with E-state index >= 15 is 0 Å². The van der Waals surface area contributed by atoms with E-state index in [1.807, 2.05) is 6.92 Å². The summed E-state index contributed by atoms with van der Waals surface area (Å²) in [6.45, 7) is 3.12. The lowest BCUT2D eigenvalue weighted by Crippen LogP contribution is -2.10. The van der Waals surface area contributed by atoms with E-state index in [1.54, 1.807) is 12.3 Å². The minimum absolute atomic E-state index is 0.127. The number of hydrogen-bond acceptors (Lipinski definition) is 4. The first-order chi connectivity index (χ1) is 8.51. The third-order valence-electron chi connectivity index (χ3n) is 2.18. The largest absolute Gasteiger partial charge is 0.389 e. The number of rotatable bonds is 7. The number of halogens is 3. The van der Waals surface area contributed by atoms with Crippen molar-refractivity contribution in [2.75, 3.05) is 23.7 Å². The highest BCUT2D eigenvalue weighted by molar-refractivity contribution is 5.39. The SMILES string of the molecule is CCNc1nccc(NCCCCC(F)(F)F)n1. The molecule has 0 radical (unpaired) electrons. The van der Waals surface area contributed by atoms with Crippen molar-refractivity contribution in [3.8, 4) is 0 Å². The number of nitrogens with one attached hydrogen (secondary N) is 2. The van der Waals surface area contributed by atoms with Gasteiger partial charge in [0.05, 0.1) is 0 Å². The predicted octanol–water partition coefficient (Wildman–Crippen LogP) is 3.05. The molecule has 0 unspecified atom stereocenters. The van der Waals surface area contributed by atoms with Gasteiger partial charge in [-0.25, -0.2) is 4.98 Å². The van der Waals surface area contributed by atoms with Gasteiger partial charge in [-0.2, -0.15) is 18.2 Å². The fraction of sp³-hybridized carbons (Fsp3) is 0.636. The number of aromatic nitrogens is 2. The van der Waals surface area contributed by atoms with Crippen molar-refractivity contribution in [3.05, 3.63) is 12.3 Å². The van der Waals surface area contributed by atoms with Gasteiger partial charge in [0.15, 0.2) is 0 Å². The van der Waals surface area contributed by atoms with Crippen LogP contribution in [-0.4, -0.2) is 29.2 Å². The Labute approximate surface area is 104 Å². The van der Waals surface area contributed by atoms with E-state index in [-0.39, 0.29) is 6.42 Å². The standard InChI is InChI=1S/C11H17F3N4/c1-2-15-10-17-8-5-9(18-10)16-7-4-3-6-11(12,13)14/h5,8H,2-4,6-7H2,1H3,(H2,15,16,17,18). The molecule has 102 valence electrons. The van der Waals surface area contributed by atoms with Crippen LogP contribution < -0.4 is 10.6 Å². The first-order valence-electron chi connectivity index (χ1n) is 5.89. The molecule has 1 aromatic rings. The van der Waals surface area contributed by atoms with Crippen LogP contribution in [0.2, 0.25) is 0 Å². The smallest absolute Gasteiger partial charge is 0.370 e. The molecule has 0 aromatic carbocycles. The minimum Gasteiger partial charge on any atom is -0.370 e. The number of hydrogen-bond donors (Lipinski definition) is 2. The van der Waals surface area contributed by atoms with Crippen molar-refractivity contribution < 1.29 is 13.2 Å². The third kappa shape index (κ3) is 6.27. The van der Waals surface area contributed by atoms with Crippen molar-refractivity contribution in [1.29, 1.82) is 0 Å². The molecule has 7 heteroatoms. The van der Waals surface area contributed by atoms with Crippen LogP contribution >= 0.6 is 0 Å². The highest BCUT2D eigenvalue weighted by atomic mass is 19.4. The Hall–Kier alpha value is -1.53. The summed E-state index contributed by atoms with van der Waals surface area (Å²) in [6.07, 6.45) is -2.61. The zero-order chi connectivity index (χ0) is 13.4. The molecular weight excluding hydrogens is 245 g/mol. The molecule has 0 aliphatic rings. The predicted molar refractivity (Wildman–Crippen MR) is 64.6 cm³/mol. The maximum Gasteiger partial charge on any atom is 0.389 e. The topological polar surface area (TPSA) is 49.8 Å². The van der Waals surface area contributed by atoms with Gasteiger partial charge in [0, 0.05) is 25.7 Å². The maximum absolute atomic E-state index is 11.9. The van der Waals surface area contributed by atoms with Crippen LogP contribution in [0.4, 0.5) is 24.9 Å². The number of unbranched alkanes of at least 4 members (excludes halogenated alkanes) is 1. The summed E-state index contributed by atoms with van der Waals surface area (Å²) in [4.78, 5) is 8.15. The molecule has 18 heavy (non-hydrogen) atoms. The van der Waals surface area contributed by atoms with E-state index in [4.69, 9.17) is 0 Å². The van der Waals surface area contributed by atoms with Crippen molar-refractivity contribution in [2.24, 2.45) is 0 Å². The fourth-order valence-corrected chi connectivity index (χ4v) is 1.37. The van der Waals surface area contributed by atoms with Crippen molar-refractivity contribution in [2.45, 2.75) is 32.4 Å². The summed E-state index contributed by atoms with van der Waals surface area (Å²) in [5.41, 5.74) is 0. The van der Waals surface area contributed by atoms with Gasteiger partial charge >= 0.3 is 6.18 Å². The van der Waals surface area contributed by atoms with Crippen molar-refractivity contribution >= 4 is 11.8 Å². The second kappa shape index (κ2) is 7.03. The van der Waals surface area contributed by atoms with Gasteiger partial charge in [-0.1, -0.05) is 0 Å². The van der Waals surface area contributed by atoms with Crippen LogP contribution in [0.5, 0.6) is 0 Å².